The molecule has 2 aromatic rings. The van der Waals surface area contributed by atoms with Crippen LogP contribution in [0.5, 0.6) is 0 Å². The first-order valence-corrected chi connectivity index (χ1v) is 7.30. The number of likely N-dealkylation sites (tertiary alicyclic amines) is 1. The molecule has 1 fully saturated rings. The Morgan fingerprint density at radius 3 is 2.94 bits per heavy atom. The molecule has 0 unspecified atom stereocenters. The van der Waals surface area contributed by atoms with Crippen molar-refractivity contribution in [3.8, 4) is 0 Å². The maximum Gasteiger partial charge on any atom is 0.0968 e. The van der Waals surface area contributed by atoms with Gasteiger partial charge in [-0.15, -0.1) is 11.3 Å². The van der Waals surface area contributed by atoms with E-state index in [2.05, 4.69) is 32.4 Å². The number of aromatic nitrogens is 2. The number of nitrogens with zero attached hydrogens (tertiary/aromatic N) is 3. The third-order valence-electron chi connectivity index (χ3n) is 3.46. The summed E-state index contributed by atoms with van der Waals surface area (Å²) in [5.74, 6) is 0.626. The summed E-state index contributed by atoms with van der Waals surface area (Å²) in [5.41, 5.74) is 1.35. The van der Waals surface area contributed by atoms with Crippen LogP contribution in [0.25, 0.3) is 0 Å². The van der Waals surface area contributed by atoms with Gasteiger partial charge in [-0.05, 0) is 37.1 Å². The zero-order chi connectivity index (χ0) is 12.2. The van der Waals surface area contributed by atoms with Gasteiger partial charge in [0.2, 0.25) is 0 Å². The van der Waals surface area contributed by atoms with Crippen LogP contribution in [-0.4, -0.2) is 28.0 Å². The molecule has 0 bridgehead atoms. The van der Waals surface area contributed by atoms with Gasteiger partial charge in [0.05, 0.1) is 5.01 Å². The SMILES string of the molecule is c1cc(CN2CCC[C@@H](c3nccs3)C2)ccn1. The minimum Gasteiger partial charge on any atom is -0.298 e. The molecular weight excluding hydrogens is 242 g/mol. The number of piperidine rings is 1. The van der Waals surface area contributed by atoms with Crippen LogP contribution >= 0.6 is 11.3 Å². The van der Waals surface area contributed by atoms with Crippen LogP contribution < -0.4 is 0 Å². The van der Waals surface area contributed by atoms with Crippen LogP contribution in [0, 0.1) is 0 Å². The zero-order valence-electron chi connectivity index (χ0n) is 10.3. The highest BCUT2D eigenvalue weighted by atomic mass is 32.1. The number of hydrogen-bond acceptors (Lipinski definition) is 4. The molecule has 0 N–H and O–H groups in total. The normalized spacial score (nSPS) is 21.0. The molecule has 0 spiro atoms. The molecule has 1 atom stereocenters. The number of thiazole rings is 1. The summed E-state index contributed by atoms with van der Waals surface area (Å²) < 4.78 is 0. The molecule has 1 saturated heterocycles. The van der Waals surface area contributed by atoms with Crippen LogP contribution in [0.4, 0.5) is 0 Å². The zero-order valence-corrected chi connectivity index (χ0v) is 11.1. The largest absolute Gasteiger partial charge is 0.298 e. The molecule has 3 heterocycles. The Balaban J connectivity index is 1.64. The molecule has 0 aliphatic carbocycles. The van der Waals surface area contributed by atoms with Gasteiger partial charge in [-0.1, -0.05) is 0 Å². The lowest BCUT2D eigenvalue weighted by Gasteiger charge is -2.31. The van der Waals surface area contributed by atoms with Gasteiger partial charge in [0.25, 0.3) is 0 Å². The Bertz CT molecular complexity index is 469. The Labute approximate surface area is 112 Å². The lowest BCUT2D eigenvalue weighted by atomic mass is 9.98. The summed E-state index contributed by atoms with van der Waals surface area (Å²) in [7, 11) is 0. The molecule has 0 amide bonds. The van der Waals surface area contributed by atoms with Gasteiger partial charge >= 0.3 is 0 Å². The van der Waals surface area contributed by atoms with E-state index >= 15 is 0 Å². The molecule has 1 aliphatic rings. The second-order valence-electron chi connectivity index (χ2n) is 4.80. The average molecular weight is 259 g/mol. The van der Waals surface area contributed by atoms with Crippen molar-refractivity contribution in [2.45, 2.75) is 25.3 Å². The van der Waals surface area contributed by atoms with Crippen molar-refractivity contribution in [2.75, 3.05) is 13.1 Å². The van der Waals surface area contributed by atoms with Crippen molar-refractivity contribution >= 4 is 11.3 Å². The molecule has 4 heteroatoms. The molecule has 1 aliphatic heterocycles. The van der Waals surface area contributed by atoms with Gasteiger partial charge < -0.3 is 0 Å². The predicted molar refractivity (Wildman–Crippen MR) is 73.6 cm³/mol. The Kier molecular flexibility index (Phi) is 3.67. The lowest BCUT2D eigenvalue weighted by Crippen LogP contribution is -2.33. The number of hydrogen-bond donors (Lipinski definition) is 0. The minimum absolute atomic E-state index is 0.626. The maximum atomic E-state index is 4.46. The smallest absolute Gasteiger partial charge is 0.0968 e. The van der Waals surface area contributed by atoms with Gasteiger partial charge in [0, 0.05) is 43.0 Å². The lowest BCUT2D eigenvalue weighted by molar-refractivity contribution is 0.200. The summed E-state index contributed by atoms with van der Waals surface area (Å²) in [6.07, 6.45) is 8.21. The van der Waals surface area contributed by atoms with Crippen LogP contribution in [0.15, 0.2) is 36.1 Å². The quantitative estimate of drug-likeness (QED) is 0.848. The average Bonchev–Trinajstić information content (AvgIpc) is 2.94. The summed E-state index contributed by atoms with van der Waals surface area (Å²) in [4.78, 5) is 11.1. The van der Waals surface area contributed by atoms with E-state index < -0.39 is 0 Å². The molecule has 3 nitrogen and oxygen atoms in total. The van der Waals surface area contributed by atoms with Crippen LogP contribution in [0.1, 0.15) is 29.3 Å². The van der Waals surface area contributed by atoms with Gasteiger partial charge in [-0.25, -0.2) is 4.98 Å². The van der Waals surface area contributed by atoms with E-state index in [1.54, 1.807) is 11.3 Å². The predicted octanol–water partition coefficient (Wildman–Crippen LogP) is 2.92. The summed E-state index contributed by atoms with van der Waals surface area (Å²) >= 11 is 1.79. The number of pyridine rings is 1. The highest BCUT2D eigenvalue weighted by Crippen LogP contribution is 2.28. The van der Waals surface area contributed by atoms with Crippen molar-refractivity contribution in [2.24, 2.45) is 0 Å². The van der Waals surface area contributed by atoms with E-state index in [9.17, 15) is 0 Å². The fourth-order valence-corrected chi connectivity index (χ4v) is 3.35. The van der Waals surface area contributed by atoms with Gasteiger partial charge in [0.1, 0.15) is 0 Å². The third-order valence-corrected chi connectivity index (χ3v) is 4.40. The molecular formula is C14H17N3S. The molecule has 18 heavy (non-hydrogen) atoms. The van der Waals surface area contributed by atoms with E-state index in [0.717, 1.165) is 13.1 Å². The topological polar surface area (TPSA) is 29.0 Å². The maximum absolute atomic E-state index is 4.46. The van der Waals surface area contributed by atoms with E-state index in [4.69, 9.17) is 0 Å². The van der Waals surface area contributed by atoms with Crippen molar-refractivity contribution in [3.05, 3.63) is 46.7 Å². The van der Waals surface area contributed by atoms with Gasteiger partial charge in [-0.3, -0.25) is 9.88 Å². The van der Waals surface area contributed by atoms with Crippen molar-refractivity contribution in [1.29, 1.82) is 0 Å². The van der Waals surface area contributed by atoms with Crippen molar-refractivity contribution in [3.63, 3.8) is 0 Å². The van der Waals surface area contributed by atoms with Gasteiger partial charge in [-0.2, -0.15) is 0 Å². The first kappa shape index (κ1) is 11.8. The monoisotopic (exact) mass is 259 g/mol. The van der Waals surface area contributed by atoms with Crippen LogP contribution in [-0.2, 0) is 6.54 Å². The molecule has 3 rings (SSSR count). The van der Waals surface area contributed by atoms with Gasteiger partial charge in [0.15, 0.2) is 0 Å². The molecule has 0 saturated carbocycles. The Morgan fingerprint density at radius 1 is 1.28 bits per heavy atom. The van der Waals surface area contributed by atoms with Crippen LogP contribution in [0.2, 0.25) is 0 Å². The fourth-order valence-electron chi connectivity index (χ4n) is 2.58. The highest BCUT2D eigenvalue weighted by molar-refractivity contribution is 7.09. The second kappa shape index (κ2) is 5.59. The first-order chi connectivity index (χ1) is 8.92. The summed E-state index contributed by atoms with van der Waals surface area (Å²) in [6, 6.07) is 4.21. The molecule has 0 radical (unpaired) electrons. The first-order valence-electron chi connectivity index (χ1n) is 6.42. The summed E-state index contributed by atoms with van der Waals surface area (Å²) in [6.45, 7) is 3.37. The second-order valence-corrected chi connectivity index (χ2v) is 5.73. The number of rotatable bonds is 3. The standard InChI is InChI=1S/C14H17N3S/c1-2-13(14-16-7-9-18-14)11-17(8-1)10-12-3-5-15-6-4-12/h3-7,9,13H,1-2,8,10-11H2/t13-/m1/s1. The molecule has 2 aromatic heterocycles. The fraction of sp³-hybridized carbons (Fsp3) is 0.429. The molecule has 0 aromatic carbocycles. The highest BCUT2D eigenvalue weighted by Gasteiger charge is 2.22. The van der Waals surface area contributed by atoms with Crippen LogP contribution in [0.3, 0.4) is 0 Å². The summed E-state index contributed by atoms with van der Waals surface area (Å²) in [5, 5.41) is 3.38. The van der Waals surface area contributed by atoms with E-state index in [1.165, 1.54) is 30.0 Å². The van der Waals surface area contributed by atoms with E-state index in [-0.39, 0.29) is 0 Å². The van der Waals surface area contributed by atoms with E-state index in [0.29, 0.717) is 5.92 Å². The van der Waals surface area contributed by atoms with Crippen molar-refractivity contribution in [1.82, 2.24) is 14.9 Å². The Morgan fingerprint density at radius 2 is 2.17 bits per heavy atom. The Hall–Kier alpha value is -1.26. The molecule has 94 valence electrons. The van der Waals surface area contributed by atoms with E-state index in [1.807, 2.05) is 18.6 Å². The van der Waals surface area contributed by atoms with Crippen molar-refractivity contribution < 1.29 is 0 Å². The minimum atomic E-state index is 0.626. The third kappa shape index (κ3) is 2.76.